The maximum Gasteiger partial charge on any atom is 0.0810 e. The van der Waals surface area contributed by atoms with Gasteiger partial charge in [0, 0.05) is 6.61 Å². The fraction of sp³-hybridized carbons (Fsp3) is 0.647. The minimum absolute atomic E-state index is 0.0801. The topological polar surface area (TPSA) is 47.3 Å². The standard InChI is InChI=1S/C17H28N2O/c1-5-20-16(13-6-7-13)15(19-18)12-8-10-14(11-9-12)17(2,3)4/h8-11,13,15-16,19H,5-7,18H2,1-4H3. The number of nitrogens with two attached hydrogens (primary N) is 1. The van der Waals surface area contributed by atoms with Gasteiger partial charge < -0.3 is 4.74 Å². The van der Waals surface area contributed by atoms with Crippen LogP contribution in [-0.4, -0.2) is 12.7 Å². The summed E-state index contributed by atoms with van der Waals surface area (Å²) in [6, 6.07) is 8.85. The third-order valence-electron chi connectivity index (χ3n) is 4.09. The van der Waals surface area contributed by atoms with E-state index < -0.39 is 0 Å². The molecule has 1 saturated carbocycles. The van der Waals surface area contributed by atoms with Gasteiger partial charge in [-0.25, -0.2) is 0 Å². The van der Waals surface area contributed by atoms with Crippen LogP contribution in [0.3, 0.4) is 0 Å². The van der Waals surface area contributed by atoms with Gasteiger partial charge in [0.25, 0.3) is 0 Å². The molecule has 1 aliphatic carbocycles. The zero-order valence-corrected chi connectivity index (χ0v) is 13.1. The molecule has 0 radical (unpaired) electrons. The summed E-state index contributed by atoms with van der Waals surface area (Å²) in [6.45, 7) is 9.47. The number of hydrogen-bond acceptors (Lipinski definition) is 3. The van der Waals surface area contributed by atoms with E-state index in [0.717, 1.165) is 6.61 Å². The monoisotopic (exact) mass is 276 g/mol. The lowest BCUT2D eigenvalue weighted by Gasteiger charge is -2.28. The van der Waals surface area contributed by atoms with Crippen LogP contribution in [0.2, 0.25) is 0 Å². The van der Waals surface area contributed by atoms with Crippen LogP contribution in [0.1, 0.15) is 57.7 Å². The molecule has 1 aromatic rings. The van der Waals surface area contributed by atoms with Crippen LogP contribution in [0.25, 0.3) is 0 Å². The second-order valence-corrected chi connectivity index (χ2v) is 6.77. The maximum absolute atomic E-state index is 5.93. The van der Waals surface area contributed by atoms with Crippen LogP contribution >= 0.6 is 0 Å². The molecule has 0 heterocycles. The summed E-state index contributed by atoms with van der Waals surface area (Å²) in [6.07, 6.45) is 2.69. The lowest BCUT2D eigenvalue weighted by atomic mass is 9.85. The van der Waals surface area contributed by atoms with Crippen molar-refractivity contribution in [2.75, 3.05) is 6.61 Å². The Labute approximate surface area is 122 Å². The van der Waals surface area contributed by atoms with Crippen molar-refractivity contribution in [2.24, 2.45) is 11.8 Å². The van der Waals surface area contributed by atoms with Gasteiger partial charge in [-0.2, -0.15) is 0 Å². The van der Waals surface area contributed by atoms with Crippen LogP contribution in [0.15, 0.2) is 24.3 Å². The average Bonchev–Trinajstić information content (AvgIpc) is 3.22. The van der Waals surface area contributed by atoms with Gasteiger partial charge in [0.1, 0.15) is 0 Å². The maximum atomic E-state index is 5.93. The molecule has 0 spiro atoms. The van der Waals surface area contributed by atoms with Crippen molar-refractivity contribution in [1.82, 2.24) is 5.43 Å². The second-order valence-electron chi connectivity index (χ2n) is 6.77. The molecule has 0 aliphatic heterocycles. The summed E-state index contributed by atoms with van der Waals surface area (Å²) in [5.41, 5.74) is 5.70. The molecule has 2 atom stereocenters. The van der Waals surface area contributed by atoms with Gasteiger partial charge in [0.05, 0.1) is 12.1 Å². The molecular weight excluding hydrogens is 248 g/mol. The lowest BCUT2D eigenvalue weighted by Crippen LogP contribution is -2.39. The molecule has 3 heteroatoms. The smallest absolute Gasteiger partial charge is 0.0810 e. The third kappa shape index (κ3) is 3.60. The molecule has 3 N–H and O–H groups in total. The normalized spacial score (nSPS) is 18.9. The van der Waals surface area contributed by atoms with E-state index in [0.29, 0.717) is 5.92 Å². The Bertz CT molecular complexity index is 418. The van der Waals surface area contributed by atoms with Crippen LogP contribution in [-0.2, 0) is 10.2 Å². The number of ether oxygens (including phenoxy) is 1. The number of nitrogens with one attached hydrogen (secondary N) is 1. The molecule has 1 fully saturated rings. The summed E-state index contributed by atoms with van der Waals surface area (Å²) in [7, 11) is 0. The number of benzene rings is 1. The Balaban J connectivity index is 2.18. The quantitative estimate of drug-likeness (QED) is 0.619. The summed E-state index contributed by atoms with van der Waals surface area (Å²) in [5.74, 6) is 6.45. The first kappa shape index (κ1) is 15.5. The Hall–Kier alpha value is -0.900. The van der Waals surface area contributed by atoms with Crippen LogP contribution in [0.5, 0.6) is 0 Å². The van der Waals surface area contributed by atoms with E-state index in [2.05, 4.69) is 50.5 Å². The Morgan fingerprint density at radius 3 is 2.25 bits per heavy atom. The highest BCUT2D eigenvalue weighted by Gasteiger charge is 2.37. The Morgan fingerprint density at radius 1 is 1.25 bits per heavy atom. The summed E-state index contributed by atoms with van der Waals surface area (Å²) in [4.78, 5) is 0. The van der Waals surface area contributed by atoms with E-state index in [9.17, 15) is 0 Å². The minimum Gasteiger partial charge on any atom is -0.376 e. The van der Waals surface area contributed by atoms with Crippen molar-refractivity contribution in [1.29, 1.82) is 0 Å². The second kappa shape index (κ2) is 6.25. The van der Waals surface area contributed by atoms with E-state index in [1.165, 1.54) is 24.0 Å². The van der Waals surface area contributed by atoms with E-state index in [-0.39, 0.29) is 17.6 Å². The highest BCUT2D eigenvalue weighted by atomic mass is 16.5. The first-order valence-corrected chi connectivity index (χ1v) is 7.65. The molecule has 112 valence electrons. The van der Waals surface area contributed by atoms with E-state index in [4.69, 9.17) is 10.6 Å². The van der Waals surface area contributed by atoms with Crippen molar-refractivity contribution in [3.05, 3.63) is 35.4 Å². The molecular formula is C17H28N2O. The predicted octanol–water partition coefficient (Wildman–Crippen LogP) is 3.30. The van der Waals surface area contributed by atoms with Crippen molar-refractivity contribution in [3.8, 4) is 0 Å². The number of hydrogen-bond donors (Lipinski definition) is 2. The van der Waals surface area contributed by atoms with Crippen LogP contribution in [0, 0.1) is 5.92 Å². The molecule has 2 rings (SSSR count). The minimum atomic E-state index is 0.0801. The first-order chi connectivity index (χ1) is 9.47. The predicted molar refractivity (Wildman–Crippen MR) is 83.3 cm³/mol. The average molecular weight is 276 g/mol. The van der Waals surface area contributed by atoms with Gasteiger partial charge in [0.2, 0.25) is 0 Å². The van der Waals surface area contributed by atoms with Gasteiger partial charge in [-0.3, -0.25) is 11.3 Å². The van der Waals surface area contributed by atoms with Gasteiger partial charge in [0.15, 0.2) is 0 Å². The molecule has 0 amide bonds. The highest BCUT2D eigenvalue weighted by molar-refractivity contribution is 5.30. The lowest BCUT2D eigenvalue weighted by molar-refractivity contribution is 0.0185. The number of rotatable bonds is 6. The third-order valence-corrected chi connectivity index (χ3v) is 4.09. The van der Waals surface area contributed by atoms with Crippen molar-refractivity contribution in [3.63, 3.8) is 0 Å². The van der Waals surface area contributed by atoms with E-state index in [1.807, 2.05) is 6.92 Å². The molecule has 0 saturated heterocycles. The van der Waals surface area contributed by atoms with Gasteiger partial charge in [-0.1, -0.05) is 45.0 Å². The molecule has 1 aliphatic rings. The Morgan fingerprint density at radius 2 is 1.85 bits per heavy atom. The SMILES string of the molecule is CCOC(C1CC1)C(NN)c1ccc(C(C)(C)C)cc1. The van der Waals surface area contributed by atoms with E-state index >= 15 is 0 Å². The first-order valence-electron chi connectivity index (χ1n) is 7.65. The van der Waals surface area contributed by atoms with Gasteiger partial charge >= 0.3 is 0 Å². The fourth-order valence-electron chi connectivity index (χ4n) is 2.69. The largest absolute Gasteiger partial charge is 0.376 e. The highest BCUT2D eigenvalue weighted by Crippen LogP contribution is 2.40. The van der Waals surface area contributed by atoms with E-state index in [1.54, 1.807) is 0 Å². The van der Waals surface area contributed by atoms with Crippen molar-refractivity contribution >= 4 is 0 Å². The molecule has 0 aromatic heterocycles. The Kier molecular flexibility index (Phi) is 4.84. The zero-order chi connectivity index (χ0) is 14.8. The zero-order valence-electron chi connectivity index (χ0n) is 13.1. The summed E-state index contributed by atoms with van der Waals surface area (Å²) < 4.78 is 5.93. The van der Waals surface area contributed by atoms with Gasteiger partial charge in [-0.05, 0) is 42.2 Å². The number of hydrazine groups is 1. The summed E-state index contributed by atoms with van der Waals surface area (Å²) in [5, 5.41) is 0. The van der Waals surface area contributed by atoms with Crippen LogP contribution < -0.4 is 11.3 Å². The molecule has 1 aromatic carbocycles. The van der Waals surface area contributed by atoms with Crippen molar-refractivity contribution in [2.45, 2.75) is 58.1 Å². The molecule has 3 nitrogen and oxygen atoms in total. The molecule has 2 unspecified atom stereocenters. The molecule has 0 bridgehead atoms. The van der Waals surface area contributed by atoms with Crippen molar-refractivity contribution < 1.29 is 4.74 Å². The summed E-state index contributed by atoms with van der Waals surface area (Å²) >= 11 is 0. The fourth-order valence-corrected chi connectivity index (χ4v) is 2.69. The van der Waals surface area contributed by atoms with Crippen LogP contribution in [0.4, 0.5) is 0 Å². The molecule has 20 heavy (non-hydrogen) atoms. The van der Waals surface area contributed by atoms with Gasteiger partial charge in [-0.15, -0.1) is 0 Å².